The third-order valence-electron chi connectivity index (χ3n) is 9.35. The summed E-state index contributed by atoms with van der Waals surface area (Å²) in [6.07, 6.45) is -6.66. The van der Waals surface area contributed by atoms with Crippen LogP contribution in [-0.2, 0) is 28.3 Å². The first-order chi connectivity index (χ1) is 22.3. The summed E-state index contributed by atoms with van der Waals surface area (Å²) in [6.45, 7) is 4.16. The molecule has 2 aromatic carbocycles. The molecule has 1 amide bonds. The Morgan fingerprint density at radius 3 is 2.28 bits per heavy atom. The number of hydrogen-bond acceptors (Lipinski definition) is 6. The van der Waals surface area contributed by atoms with E-state index in [0.29, 0.717) is 47.5 Å². The molecular formula is C33H36F6N5O3+. The van der Waals surface area contributed by atoms with Crippen LogP contribution in [0.25, 0.3) is 5.70 Å². The van der Waals surface area contributed by atoms with E-state index in [0.717, 1.165) is 31.4 Å². The molecule has 4 aliphatic rings. The minimum absolute atomic E-state index is 0.0835. The van der Waals surface area contributed by atoms with Crippen LogP contribution in [0.1, 0.15) is 53.5 Å². The molecule has 2 fully saturated rings. The minimum Gasteiger partial charge on any atom is -0.456 e. The summed E-state index contributed by atoms with van der Waals surface area (Å²) in [7, 11) is 0. The lowest BCUT2D eigenvalue weighted by Gasteiger charge is -2.40. The van der Waals surface area contributed by atoms with Crippen molar-refractivity contribution >= 4 is 11.6 Å². The number of aryl methyl sites for hydroxylation is 1. The summed E-state index contributed by atoms with van der Waals surface area (Å²) in [6, 6.07) is 7.49. The number of carbonyl (C=O) groups is 1. The molecule has 2 saturated heterocycles. The maximum atomic E-state index is 14.6. The van der Waals surface area contributed by atoms with Crippen molar-refractivity contribution in [3.8, 4) is 0 Å². The van der Waals surface area contributed by atoms with Gasteiger partial charge in [-0.25, -0.2) is 0 Å². The largest absolute Gasteiger partial charge is 0.456 e. The van der Waals surface area contributed by atoms with Crippen molar-refractivity contribution in [1.29, 1.82) is 0 Å². The highest BCUT2D eigenvalue weighted by atomic mass is 19.4. The number of amides is 1. The van der Waals surface area contributed by atoms with Crippen molar-refractivity contribution in [3.05, 3.63) is 92.7 Å². The first-order valence-corrected chi connectivity index (χ1v) is 15.7. The molecule has 6 rings (SSSR count). The van der Waals surface area contributed by atoms with E-state index in [-0.39, 0.29) is 48.4 Å². The van der Waals surface area contributed by atoms with Crippen LogP contribution in [0.2, 0.25) is 0 Å². The van der Waals surface area contributed by atoms with Crippen molar-refractivity contribution in [2.45, 2.75) is 69.7 Å². The van der Waals surface area contributed by atoms with Crippen LogP contribution < -0.4 is 10.6 Å². The van der Waals surface area contributed by atoms with E-state index in [1.807, 2.05) is 24.0 Å². The zero-order valence-electron chi connectivity index (χ0n) is 25.8. The van der Waals surface area contributed by atoms with Gasteiger partial charge in [-0.2, -0.15) is 26.3 Å². The van der Waals surface area contributed by atoms with E-state index in [4.69, 9.17) is 4.74 Å². The van der Waals surface area contributed by atoms with Crippen LogP contribution in [-0.4, -0.2) is 71.6 Å². The lowest BCUT2D eigenvalue weighted by Crippen LogP contribution is -2.51. The highest BCUT2D eigenvalue weighted by Gasteiger charge is 2.44. The number of ether oxygens (including phenoxy) is 1. The van der Waals surface area contributed by atoms with Crippen molar-refractivity contribution in [1.82, 2.24) is 20.4 Å². The molecule has 8 nitrogen and oxygen atoms in total. The summed E-state index contributed by atoms with van der Waals surface area (Å²) in [4.78, 5) is 31.0. The third-order valence-corrected chi connectivity index (χ3v) is 9.35. The normalized spacial score (nSPS) is 24.7. The number of likely N-dealkylation sites (tertiary alicyclic amines) is 2. The van der Waals surface area contributed by atoms with Gasteiger partial charge >= 0.3 is 12.4 Å². The second-order valence-corrected chi connectivity index (χ2v) is 12.4. The Balaban J connectivity index is 1.39. The Morgan fingerprint density at radius 2 is 1.66 bits per heavy atom. The molecule has 2 aromatic rings. The van der Waals surface area contributed by atoms with Crippen LogP contribution in [0, 0.1) is 11.8 Å². The SMILES string of the molecule is Cc1ccccc1/C1=C/C(N2CCC(N3CCCC3=O)CC2)OC2=C(CNCN2)C(Cc2cc(C(F)(F)F)cc(C(F)(F)F)c2)[N+]1=O. The molecule has 47 heavy (non-hydrogen) atoms. The fourth-order valence-corrected chi connectivity index (χ4v) is 6.92. The number of benzene rings is 2. The molecule has 0 saturated carbocycles. The highest BCUT2D eigenvalue weighted by Crippen LogP contribution is 2.38. The van der Waals surface area contributed by atoms with Gasteiger partial charge in [-0.15, -0.1) is 0 Å². The van der Waals surface area contributed by atoms with E-state index in [9.17, 15) is 36.0 Å². The van der Waals surface area contributed by atoms with Gasteiger partial charge in [0.2, 0.25) is 11.9 Å². The average molecular weight is 665 g/mol. The molecule has 4 heterocycles. The Morgan fingerprint density at radius 1 is 0.979 bits per heavy atom. The van der Waals surface area contributed by atoms with E-state index in [1.54, 1.807) is 18.2 Å². The lowest BCUT2D eigenvalue weighted by atomic mass is 9.93. The van der Waals surface area contributed by atoms with Crippen LogP contribution >= 0.6 is 0 Å². The number of carbonyl (C=O) groups excluding carboxylic acids is 1. The fraction of sp³-hybridized carbons (Fsp3) is 0.485. The van der Waals surface area contributed by atoms with Crippen molar-refractivity contribution in [2.75, 3.05) is 32.8 Å². The molecule has 0 bridgehead atoms. The summed E-state index contributed by atoms with van der Waals surface area (Å²) >= 11 is 0. The Kier molecular flexibility index (Phi) is 9.09. The van der Waals surface area contributed by atoms with Gasteiger partial charge in [0.25, 0.3) is 5.70 Å². The summed E-state index contributed by atoms with van der Waals surface area (Å²) in [5.74, 6) is 0.428. The Bertz CT molecular complexity index is 1560. The smallest absolute Gasteiger partial charge is 0.416 e. The number of nitroso groups, excluding NO2 is 1. The summed E-state index contributed by atoms with van der Waals surface area (Å²) < 4.78 is 89.7. The summed E-state index contributed by atoms with van der Waals surface area (Å²) in [5, 5.41) is 6.20. The van der Waals surface area contributed by atoms with E-state index in [1.165, 1.54) is 0 Å². The molecule has 0 aliphatic carbocycles. The number of hydrogen-bond donors (Lipinski definition) is 2. The van der Waals surface area contributed by atoms with E-state index in [2.05, 4.69) is 15.5 Å². The van der Waals surface area contributed by atoms with Gasteiger partial charge < -0.3 is 15.0 Å². The van der Waals surface area contributed by atoms with Gasteiger partial charge in [0, 0.05) is 60.8 Å². The number of nitrogens with zero attached hydrogens (tertiary/aromatic N) is 3. The number of rotatable bonds is 5. The number of alkyl halides is 6. The van der Waals surface area contributed by atoms with Gasteiger partial charge in [0.1, 0.15) is 0 Å². The third kappa shape index (κ3) is 7.03. The minimum atomic E-state index is -5.02. The van der Waals surface area contributed by atoms with Gasteiger partial charge in [-0.05, 0) is 61.6 Å². The highest BCUT2D eigenvalue weighted by molar-refractivity contribution is 5.78. The second kappa shape index (κ2) is 12.9. The van der Waals surface area contributed by atoms with Gasteiger partial charge in [-0.1, -0.05) is 18.2 Å². The number of piperidine rings is 1. The van der Waals surface area contributed by atoms with Crippen molar-refractivity contribution in [3.63, 3.8) is 0 Å². The number of halogens is 6. The van der Waals surface area contributed by atoms with Crippen LogP contribution in [0.4, 0.5) is 26.3 Å². The van der Waals surface area contributed by atoms with Gasteiger partial charge in [0.15, 0.2) is 12.1 Å². The topological polar surface area (TPSA) is 76.9 Å². The second-order valence-electron chi connectivity index (χ2n) is 12.4. The first kappa shape index (κ1) is 33.0. The molecular weight excluding hydrogens is 628 g/mol. The maximum Gasteiger partial charge on any atom is 0.416 e. The van der Waals surface area contributed by atoms with Crippen LogP contribution in [0.5, 0.6) is 0 Å². The maximum absolute atomic E-state index is 14.6. The zero-order chi connectivity index (χ0) is 33.5. The molecule has 14 heteroatoms. The molecule has 2 N–H and O–H groups in total. The predicted molar refractivity (Wildman–Crippen MR) is 160 cm³/mol. The van der Waals surface area contributed by atoms with Crippen LogP contribution in [0.3, 0.4) is 0 Å². The molecule has 0 radical (unpaired) electrons. The van der Waals surface area contributed by atoms with E-state index >= 15 is 0 Å². The first-order valence-electron chi connectivity index (χ1n) is 15.7. The molecule has 0 spiro atoms. The summed E-state index contributed by atoms with van der Waals surface area (Å²) in [5.41, 5.74) is -1.24. The lowest BCUT2D eigenvalue weighted by molar-refractivity contribution is -0.489. The molecule has 4 aliphatic heterocycles. The Hall–Kier alpha value is -3.91. The predicted octanol–water partition coefficient (Wildman–Crippen LogP) is 5.57. The van der Waals surface area contributed by atoms with Crippen molar-refractivity contribution in [2.24, 2.45) is 0 Å². The van der Waals surface area contributed by atoms with Gasteiger partial charge in [0.05, 0.1) is 28.9 Å². The van der Waals surface area contributed by atoms with Crippen molar-refractivity contribution < 1.29 is 40.6 Å². The fourth-order valence-electron chi connectivity index (χ4n) is 6.92. The standard InChI is InChI=1S/C33H36F6N5O3/c1-20-5-2-3-6-25(20)28-17-30(42-11-8-24(9-12-42)43-10-4-7-29(43)45)47-31-26(18-40-19-41-31)27(44(28)46)15-21-13-22(32(34,35)36)16-23(14-21)33(37,38)39/h2-3,5-6,13-14,16-17,24,27,30,40-41H,4,7-12,15,18-19H2,1H3/q+1/b28-17-. The van der Waals surface area contributed by atoms with Gasteiger partial charge in [-0.3, -0.25) is 15.0 Å². The Labute approximate surface area is 268 Å². The number of nitrogens with one attached hydrogen (secondary N) is 2. The molecule has 252 valence electrons. The quantitative estimate of drug-likeness (QED) is 0.322. The molecule has 0 aromatic heterocycles. The molecule has 2 atom stereocenters. The van der Waals surface area contributed by atoms with Crippen LogP contribution in [0.15, 0.2) is 60.0 Å². The average Bonchev–Trinajstić information content (AvgIpc) is 3.46. The van der Waals surface area contributed by atoms with E-state index < -0.39 is 42.2 Å². The zero-order valence-corrected chi connectivity index (χ0v) is 25.8. The monoisotopic (exact) mass is 664 g/mol. The molecule has 2 unspecified atom stereocenters.